The van der Waals surface area contributed by atoms with Crippen LogP contribution in [0, 0.1) is 19.7 Å². The lowest BCUT2D eigenvalue weighted by atomic mass is 10.1. The summed E-state index contributed by atoms with van der Waals surface area (Å²) in [6, 6.07) is 11.4. The molecule has 0 aromatic heterocycles. The predicted octanol–water partition coefficient (Wildman–Crippen LogP) is 4.32. The first-order chi connectivity index (χ1) is 8.56. The minimum absolute atomic E-state index is 0.200. The van der Waals surface area contributed by atoms with E-state index in [9.17, 15) is 4.39 Å². The number of anilines is 1. The Labute approximate surface area is 111 Å². The van der Waals surface area contributed by atoms with Crippen LogP contribution in [0.2, 0.25) is 0 Å². The van der Waals surface area contributed by atoms with E-state index in [0.29, 0.717) is 0 Å². The summed E-state index contributed by atoms with van der Waals surface area (Å²) in [5.74, 6) is 0.491. The van der Waals surface area contributed by atoms with Gasteiger partial charge in [0.1, 0.15) is 5.82 Å². The smallest absolute Gasteiger partial charge is 0.147 e. The van der Waals surface area contributed by atoms with Crippen LogP contribution in [0.1, 0.15) is 16.7 Å². The Kier molecular flexibility index (Phi) is 3.92. The van der Waals surface area contributed by atoms with E-state index in [1.807, 2.05) is 6.07 Å². The molecule has 0 aliphatic rings. The van der Waals surface area contributed by atoms with E-state index in [-0.39, 0.29) is 11.5 Å². The van der Waals surface area contributed by atoms with Crippen LogP contribution in [0.4, 0.5) is 10.1 Å². The van der Waals surface area contributed by atoms with Crippen molar-refractivity contribution in [1.29, 1.82) is 0 Å². The van der Waals surface area contributed by atoms with Gasteiger partial charge in [-0.3, -0.25) is 0 Å². The Morgan fingerprint density at radius 2 is 1.83 bits per heavy atom. The molecule has 1 nitrogen and oxygen atoms in total. The third-order valence-corrected chi connectivity index (χ3v) is 4.01. The summed E-state index contributed by atoms with van der Waals surface area (Å²) in [5.41, 5.74) is 9.48. The van der Waals surface area contributed by atoms with Crippen molar-refractivity contribution in [2.24, 2.45) is 0 Å². The van der Waals surface area contributed by atoms with Gasteiger partial charge in [-0.2, -0.15) is 0 Å². The number of halogens is 1. The minimum atomic E-state index is -0.347. The molecular weight excluding hydrogens is 245 g/mol. The van der Waals surface area contributed by atoms with Gasteiger partial charge in [-0.05, 0) is 48.7 Å². The molecule has 18 heavy (non-hydrogen) atoms. The van der Waals surface area contributed by atoms with Gasteiger partial charge >= 0.3 is 0 Å². The van der Waals surface area contributed by atoms with E-state index >= 15 is 0 Å². The second kappa shape index (κ2) is 5.44. The van der Waals surface area contributed by atoms with Crippen molar-refractivity contribution in [1.82, 2.24) is 0 Å². The standard InChI is InChI=1S/C15H16FNS/c1-10-3-4-12(7-11(10)2)9-18-13-5-6-15(17)14(16)8-13/h3-8H,9,17H2,1-2H3. The zero-order chi connectivity index (χ0) is 13.1. The summed E-state index contributed by atoms with van der Waals surface area (Å²) in [4.78, 5) is 0.903. The average molecular weight is 261 g/mol. The van der Waals surface area contributed by atoms with Crippen molar-refractivity contribution < 1.29 is 4.39 Å². The normalized spacial score (nSPS) is 10.6. The van der Waals surface area contributed by atoms with Crippen LogP contribution in [0.3, 0.4) is 0 Å². The molecule has 0 radical (unpaired) electrons. The molecule has 2 N–H and O–H groups in total. The molecule has 2 aromatic carbocycles. The van der Waals surface area contributed by atoms with Crippen LogP contribution in [-0.2, 0) is 5.75 Å². The molecule has 0 saturated carbocycles. The molecule has 0 aliphatic heterocycles. The molecule has 2 aromatic rings. The van der Waals surface area contributed by atoms with Gasteiger partial charge in [-0.25, -0.2) is 4.39 Å². The number of hydrogen-bond acceptors (Lipinski definition) is 2. The van der Waals surface area contributed by atoms with Gasteiger partial charge in [0.15, 0.2) is 0 Å². The van der Waals surface area contributed by atoms with Crippen molar-refractivity contribution in [2.45, 2.75) is 24.5 Å². The molecule has 0 amide bonds. The van der Waals surface area contributed by atoms with E-state index in [1.165, 1.54) is 22.8 Å². The minimum Gasteiger partial charge on any atom is -0.396 e. The second-order valence-electron chi connectivity index (χ2n) is 4.39. The third-order valence-electron chi connectivity index (χ3n) is 2.95. The average Bonchev–Trinajstić information content (AvgIpc) is 2.35. The maximum atomic E-state index is 13.3. The number of nitrogen functional groups attached to an aromatic ring is 1. The summed E-state index contributed by atoms with van der Waals surface area (Å²) in [6.45, 7) is 4.20. The molecular formula is C15H16FNS. The molecule has 0 heterocycles. The Hall–Kier alpha value is -1.48. The maximum absolute atomic E-state index is 13.3. The molecule has 0 aliphatic carbocycles. The molecule has 2 rings (SSSR count). The summed E-state index contributed by atoms with van der Waals surface area (Å²) in [6.07, 6.45) is 0. The fourth-order valence-corrected chi connectivity index (χ4v) is 2.52. The first-order valence-corrected chi connectivity index (χ1v) is 6.79. The van der Waals surface area contributed by atoms with Crippen molar-refractivity contribution in [3.05, 3.63) is 58.9 Å². The largest absolute Gasteiger partial charge is 0.396 e. The summed E-state index contributed by atoms with van der Waals surface area (Å²) >= 11 is 1.62. The fourth-order valence-electron chi connectivity index (χ4n) is 1.66. The summed E-state index contributed by atoms with van der Waals surface area (Å²) in [7, 11) is 0. The highest BCUT2D eigenvalue weighted by molar-refractivity contribution is 7.98. The van der Waals surface area contributed by atoms with E-state index in [2.05, 4.69) is 32.0 Å². The van der Waals surface area contributed by atoms with Crippen LogP contribution < -0.4 is 5.73 Å². The summed E-state index contributed by atoms with van der Waals surface area (Å²) in [5, 5.41) is 0. The van der Waals surface area contributed by atoms with E-state index in [4.69, 9.17) is 5.73 Å². The second-order valence-corrected chi connectivity index (χ2v) is 5.44. The Bertz CT molecular complexity index is 515. The van der Waals surface area contributed by atoms with Gasteiger partial charge in [0.05, 0.1) is 5.69 Å². The molecule has 0 bridgehead atoms. The zero-order valence-corrected chi connectivity index (χ0v) is 11.4. The zero-order valence-electron chi connectivity index (χ0n) is 10.5. The lowest BCUT2D eigenvalue weighted by Gasteiger charge is -2.06. The number of hydrogen-bond donors (Lipinski definition) is 1. The van der Waals surface area contributed by atoms with Crippen LogP contribution in [-0.4, -0.2) is 0 Å². The van der Waals surface area contributed by atoms with E-state index < -0.39 is 0 Å². The van der Waals surface area contributed by atoms with Gasteiger partial charge in [0, 0.05) is 10.6 Å². The highest BCUT2D eigenvalue weighted by Crippen LogP contribution is 2.26. The van der Waals surface area contributed by atoms with Crippen LogP contribution in [0.15, 0.2) is 41.3 Å². The monoisotopic (exact) mass is 261 g/mol. The molecule has 0 atom stereocenters. The van der Waals surface area contributed by atoms with E-state index in [0.717, 1.165) is 10.6 Å². The summed E-state index contributed by atoms with van der Waals surface area (Å²) < 4.78 is 13.3. The molecule has 94 valence electrons. The van der Waals surface area contributed by atoms with Gasteiger partial charge in [0.2, 0.25) is 0 Å². The van der Waals surface area contributed by atoms with Gasteiger partial charge in [-0.15, -0.1) is 11.8 Å². The van der Waals surface area contributed by atoms with Gasteiger partial charge < -0.3 is 5.73 Å². The lowest BCUT2D eigenvalue weighted by molar-refractivity contribution is 0.629. The predicted molar refractivity (Wildman–Crippen MR) is 76.3 cm³/mol. The van der Waals surface area contributed by atoms with Crippen molar-refractivity contribution >= 4 is 17.4 Å². The molecule has 0 saturated heterocycles. The van der Waals surface area contributed by atoms with Crippen LogP contribution in [0.25, 0.3) is 0 Å². The number of aryl methyl sites for hydroxylation is 2. The quantitative estimate of drug-likeness (QED) is 0.658. The Morgan fingerprint density at radius 3 is 2.50 bits per heavy atom. The van der Waals surface area contributed by atoms with Gasteiger partial charge in [0.25, 0.3) is 0 Å². The van der Waals surface area contributed by atoms with Crippen molar-refractivity contribution in [3.8, 4) is 0 Å². The highest BCUT2D eigenvalue weighted by Gasteiger charge is 2.02. The Balaban J connectivity index is 2.06. The first kappa shape index (κ1) is 13.0. The number of benzene rings is 2. The van der Waals surface area contributed by atoms with Gasteiger partial charge in [-0.1, -0.05) is 18.2 Å². The molecule has 0 spiro atoms. The topological polar surface area (TPSA) is 26.0 Å². The lowest BCUT2D eigenvalue weighted by Crippen LogP contribution is -1.90. The fraction of sp³-hybridized carbons (Fsp3) is 0.200. The number of thioether (sulfide) groups is 1. The SMILES string of the molecule is Cc1ccc(CSc2ccc(N)c(F)c2)cc1C. The van der Waals surface area contributed by atoms with Crippen molar-refractivity contribution in [3.63, 3.8) is 0 Å². The highest BCUT2D eigenvalue weighted by atomic mass is 32.2. The molecule has 0 fully saturated rings. The van der Waals surface area contributed by atoms with Crippen LogP contribution in [0.5, 0.6) is 0 Å². The Morgan fingerprint density at radius 1 is 1.06 bits per heavy atom. The third kappa shape index (κ3) is 3.05. The number of nitrogens with two attached hydrogens (primary N) is 1. The van der Waals surface area contributed by atoms with Crippen molar-refractivity contribution in [2.75, 3.05) is 5.73 Å². The molecule has 3 heteroatoms. The van der Waals surface area contributed by atoms with Crippen LogP contribution >= 0.6 is 11.8 Å². The molecule has 0 unspecified atom stereocenters. The maximum Gasteiger partial charge on any atom is 0.147 e. The van der Waals surface area contributed by atoms with E-state index in [1.54, 1.807) is 17.8 Å². The number of rotatable bonds is 3. The first-order valence-electron chi connectivity index (χ1n) is 5.80.